The Balaban J connectivity index is 0.000000198. The Morgan fingerprint density at radius 2 is 1.06 bits per heavy atom. The number of nitrogens with zero attached hydrogens (tertiary/aromatic N) is 7. The Morgan fingerprint density at radius 3 is 1.49 bits per heavy atom. The average molecular weight is 972 g/mol. The fraction of sp³-hybridized carbons (Fsp3) is 0.375. The van der Waals surface area contributed by atoms with Crippen LogP contribution in [-0.2, 0) is 33.1 Å². The number of hydrogen-bond acceptors (Lipinski definition) is 10. The van der Waals surface area contributed by atoms with Crippen molar-refractivity contribution in [1.82, 2.24) is 33.0 Å². The van der Waals surface area contributed by atoms with E-state index in [-0.39, 0.29) is 39.7 Å². The predicted molar refractivity (Wildman–Crippen MR) is 209 cm³/mol. The van der Waals surface area contributed by atoms with Gasteiger partial charge in [0.25, 0.3) is 11.1 Å². The molecule has 2 aliphatic heterocycles. The molecule has 4 heterocycles. The van der Waals surface area contributed by atoms with Crippen LogP contribution in [0.2, 0.25) is 0 Å². The SMILES string of the molecule is CS(=O)(=O)N1CCN(c2nc(Br)cn(Cc3ccc(F)cc3)c2=O)CC1.CS(=O)(=O)N1CCNCC1.O=c1c(Br)nc(Br)cn1Cc1ccc(F)cc1. The maximum absolute atomic E-state index is 13.1. The van der Waals surface area contributed by atoms with Crippen LogP contribution in [0.1, 0.15) is 11.1 Å². The second-order valence-electron chi connectivity index (χ2n) is 11.9. The van der Waals surface area contributed by atoms with Gasteiger partial charge in [-0.25, -0.2) is 35.6 Å². The molecule has 0 amide bonds. The summed E-state index contributed by atoms with van der Waals surface area (Å²) in [4.78, 5) is 34.6. The number of rotatable bonds is 7. The molecule has 53 heavy (non-hydrogen) atoms. The first-order valence-corrected chi connectivity index (χ1v) is 22.0. The van der Waals surface area contributed by atoms with E-state index in [1.54, 1.807) is 41.6 Å². The van der Waals surface area contributed by atoms with Crippen molar-refractivity contribution >= 4 is 73.7 Å². The minimum atomic E-state index is -3.24. The molecule has 1 N–H and O–H groups in total. The van der Waals surface area contributed by atoms with E-state index in [0.29, 0.717) is 55.0 Å². The van der Waals surface area contributed by atoms with Gasteiger partial charge in [0.2, 0.25) is 20.0 Å². The van der Waals surface area contributed by atoms with Crippen LogP contribution in [0, 0.1) is 11.6 Å². The van der Waals surface area contributed by atoms with Gasteiger partial charge in [0.05, 0.1) is 25.6 Å². The van der Waals surface area contributed by atoms with E-state index in [2.05, 4.69) is 63.1 Å². The van der Waals surface area contributed by atoms with Crippen LogP contribution in [0.3, 0.4) is 0 Å². The second kappa shape index (κ2) is 19.1. The number of benzene rings is 2. The van der Waals surface area contributed by atoms with Gasteiger partial charge in [-0.2, -0.15) is 8.61 Å². The van der Waals surface area contributed by atoms with Gasteiger partial charge in [0.15, 0.2) is 10.4 Å². The summed E-state index contributed by atoms with van der Waals surface area (Å²) >= 11 is 9.62. The minimum Gasteiger partial charge on any atom is -0.349 e. The molecule has 2 saturated heterocycles. The summed E-state index contributed by atoms with van der Waals surface area (Å²) in [7, 11) is -6.17. The van der Waals surface area contributed by atoms with E-state index >= 15 is 0 Å². The minimum absolute atomic E-state index is 0.225. The standard InChI is InChI=1S/C16H18BrFN4O3S.C11H7Br2FN2O.C5H12N2O2S/c1-26(24,25)22-8-6-20(7-9-22)15-16(23)21(11-14(17)19-15)10-12-2-4-13(18)5-3-12;12-9-6-16(11(17)10(13)15-9)5-7-1-3-8(14)4-2-7;1-10(8,9)7-4-2-6-3-5-7/h2-5,11H,6-10H2,1H3;1-4,6H,5H2;6H,2-5H2,1H3. The molecule has 0 radical (unpaired) electrons. The molecular formula is C32H37Br3F2N8O6S2. The molecular weight excluding hydrogens is 934 g/mol. The van der Waals surface area contributed by atoms with Crippen molar-refractivity contribution in [2.75, 3.05) is 69.8 Å². The van der Waals surface area contributed by atoms with E-state index in [0.717, 1.165) is 24.2 Å². The van der Waals surface area contributed by atoms with Crippen LogP contribution in [0.4, 0.5) is 14.6 Å². The van der Waals surface area contributed by atoms with Gasteiger partial charge in [-0.1, -0.05) is 24.3 Å². The van der Waals surface area contributed by atoms with Crippen LogP contribution in [0.25, 0.3) is 0 Å². The molecule has 2 fully saturated rings. The fourth-order valence-electron chi connectivity index (χ4n) is 5.19. The molecule has 14 nitrogen and oxygen atoms in total. The predicted octanol–water partition coefficient (Wildman–Crippen LogP) is 3.08. The third-order valence-electron chi connectivity index (χ3n) is 7.92. The first kappa shape index (κ1) is 42.8. The van der Waals surface area contributed by atoms with Crippen molar-refractivity contribution in [3.63, 3.8) is 0 Å². The highest BCUT2D eigenvalue weighted by atomic mass is 79.9. The number of nitrogens with one attached hydrogen (secondary N) is 1. The molecule has 0 bridgehead atoms. The van der Waals surface area contributed by atoms with Gasteiger partial charge in [0.1, 0.15) is 20.8 Å². The van der Waals surface area contributed by atoms with E-state index in [1.807, 2.05) is 0 Å². The van der Waals surface area contributed by atoms with E-state index in [4.69, 9.17) is 0 Å². The molecule has 6 rings (SSSR count). The highest BCUT2D eigenvalue weighted by Crippen LogP contribution is 2.16. The maximum Gasteiger partial charge on any atom is 0.293 e. The highest BCUT2D eigenvalue weighted by molar-refractivity contribution is 9.11. The lowest BCUT2D eigenvalue weighted by atomic mass is 10.2. The number of sulfonamides is 2. The van der Waals surface area contributed by atoms with Crippen LogP contribution in [-0.4, -0.2) is 109 Å². The van der Waals surface area contributed by atoms with E-state index in [1.165, 1.54) is 54.5 Å². The molecule has 0 atom stereocenters. The maximum atomic E-state index is 13.1. The number of hydrogen-bond donors (Lipinski definition) is 1. The molecule has 2 aromatic heterocycles. The largest absolute Gasteiger partial charge is 0.349 e. The van der Waals surface area contributed by atoms with Crippen LogP contribution >= 0.6 is 47.8 Å². The number of halogens is 5. The Hall–Kier alpha value is -2.92. The normalized spacial score (nSPS) is 15.6. The summed E-state index contributed by atoms with van der Waals surface area (Å²) < 4.78 is 78.0. The third-order valence-corrected chi connectivity index (χ3v) is 11.8. The summed E-state index contributed by atoms with van der Waals surface area (Å²) in [5.41, 5.74) is 1.14. The van der Waals surface area contributed by atoms with Gasteiger partial charge in [-0.05, 0) is 83.2 Å². The molecule has 2 aliphatic rings. The van der Waals surface area contributed by atoms with Crippen molar-refractivity contribution in [3.05, 3.63) is 118 Å². The van der Waals surface area contributed by atoms with Gasteiger partial charge in [-0.3, -0.25) is 9.59 Å². The van der Waals surface area contributed by atoms with Crippen LogP contribution in [0.5, 0.6) is 0 Å². The Kier molecular flexibility index (Phi) is 15.4. The molecule has 2 aromatic carbocycles. The lowest BCUT2D eigenvalue weighted by molar-refractivity contribution is 0.363. The average Bonchev–Trinajstić information content (AvgIpc) is 3.10. The quantitative estimate of drug-likeness (QED) is 0.292. The van der Waals surface area contributed by atoms with E-state index in [9.17, 15) is 35.2 Å². The summed E-state index contributed by atoms with van der Waals surface area (Å²) in [6, 6.07) is 12.0. The topological polar surface area (TPSA) is 160 Å². The number of aromatic nitrogens is 4. The zero-order valence-corrected chi connectivity index (χ0v) is 35.0. The third kappa shape index (κ3) is 13.1. The summed E-state index contributed by atoms with van der Waals surface area (Å²) in [5, 5.41) is 3.08. The number of piperazine rings is 2. The molecule has 0 aliphatic carbocycles. The van der Waals surface area contributed by atoms with Gasteiger partial charge >= 0.3 is 0 Å². The zero-order chi connectivity index (χ0) is 38.9. The van der Waals surface area contributed by atoms with Crippen LogP contribution in [0.15, 0.2) is 84.3 Å². The summed E-state index contributed by atoms with van der Waals surface area (Å²) in [6.07, 6.45) is 5.60. The van der Waals surface area contributed by atoms with E-state index < -0.39 is 20.0 Å². The summed E-state index contributed by atoms with van der Waals surface area (Å²) in [6.45, 7) is 4.83. The van der Waals surface area contributed by atoms with Crippen LogP contribution < -0.4 is 21.3 Å². The lowest BCUT2D eigenvalue weighted by Crippen LogP contribution is -2.50. The lowest BCUT2D eigenvalue weighted by Gasteiger charge is -2.33. The number of anilines is 1. The molecule has 0 spiro atoms. The Bertz CT molecular complexity index is 2200. The van der Waals surface area contributed by atoms with Gasteiger partial charge in [0, 0.05) is 64.8 Å². The fourth-order valence-corrected chi connectivity index (χ4v) is 8.36. The Morgan fingerprint density at radius 1 is 0.642 bits per heavy atom. The molecule has 0 saturated carbocycles. The van der Waals surface area contributed by atoms with Gasteiger partial charge < -0.3 is 19.4 Å². The van der Waals surface area contributed by atoms with Crippen molar-refractivity contribution in [1.29, 1.82) is 0 Å². The monoisotopic (exact) mass is 968 g/mol. The Labute approximate surface area is 331 Å². The molecule has 0 unspecified atom stereocenters. The first-order chi connectivity index (χ1) is 24.9. The summed E-state index contributed by atoms with van der Waals surface area (Å²) in [5.74, 6) is -0.353. The van der Waals surface area contributed by atoms with Crippen molar-refractivity contribution in [3.8, 4) is 0 Å². The van der Waals surface area contributed by atoms with Crippen molar-refractivity contribution < 1.29 is 25.6 Å². The first-order valence-electron chi connectivity index (χ1n) is 15.9. The van der Waals surface area contributed by atoms with Crippen molar-refractivity contribution in [2.24, 2.45) is 0 Å². The second-order valence-corrected chi connectivity index (χ2v) is 18.3. The highest BCUT2D eigenvalue weighted by Gasteiger charge is 2.26. The molecule has 21 heteroatoms. The zero-order valence-electron chi connectivity index (χ0n) is 28.6. The smallest absolute Gasteiger partial charge is 0.293 e. The molecule has 288 valence electrons. The molecule has 4 aromatic rings. The van der Waals surface area contributed by atoms with Gasteiger partial charge in [-0.15, -0.1) is 0 Å². The van der Waals surface area contributed by atoms with Crippen molar-refractivity contribution in [2.45, 2.75) is 13.1 Å².